The third kappa shape index (κ3) is 16.1. The number of carbonyl (C=O) groups is 3. The van der Waals surface area contributed by atoms with Crippen molar-refractivity contribution in [2.24, 2.45) is 11.8 Å². The van der Waals surface area contributed by atoms with Crippen molar-refractivity contribution in [3.8, 4) is 0 Å². The fourth-order valence-corrected chi connectivity index (χ4v) is 3.21. The van der Waals surface area contributed by atoms with E-state index in [1.807, 2.05) is 0 Å². The van der Waals surface area contributed by atoms with Crippen molar-refractivity contribution in [1.82, 2.24) is 0 Å². The molecular formula is C25H46O7. The largest absolute Gasteiger partial charge is 0.466 e. The van der Waals surface area contributed by atoms with Crippen LogP contribution in [-0.2, 0) is 28.6 Å². The van der Waals surface area contributed by atoms with Gasteiger partial charge in [-0.3, -0.25) is 14.4 Å². The zero-order valence-corrected chi connectivity index (χ0v) is 20.7. The third-order valence-electron chi connectivity index (χ3n) is 5.45. The summed E-state index contributed by atoms with van der Waals surface area (Å²) >= 11 is 0. The number of aliphatic hydroxyl groups excluding tert-OH is 1. The summed E-state index contributed by atoms with van der Waals surface area (Å²) in [6.07, 6.45) is 9.82. The molecule has 0 aliphatic rings. The molecule has 0 saturated carbocycles. The van der Waals surface area contributed by atoms with E-state index in [0.29, 0.717) is 13.0 Å². The lowest BCUT2D eigenvalue weighted by Gasteiger charge is -2.21. The number of hydrogen-bond acceptors (Lipinski definition) is 7. The van der Waals surface area contributed by atoms with Gasteiger partial charge < -0.3 is 19.3 Å². The lowest BCUT2D eigenvalue weighted by atomic mass is 9.91. The highest BCUT2D eigenvalue weighted by Crippen LogP contribution is 2.21. The van der Waals surface area contributed by atoms with E-state index >= 15 is 0 Å². The average molecular weight is 459 g/mol. The first-order chi connectivity index (χ1) is 15.3. The fourth-order valence-electron chi connectivity index (χ4n) is 3.21. The monoisotopic (exact) mass is 458 g/mol. The van der Waals surface area contributed by atoms with Crippen LogP contribution in [0.15, 0.2) is 0 Å². The number of esters is 3. The number of ether oxygens (including phenoxy) is 3. The standard InChI is InChI=1S/C25H46O7/c1-5-7-9-11-13-16-30-23(27)19-22(21(4)24(28)32-18-15-20(3)26)25(29)31-17-14-12-10-8-6-2/h20-22,26H,5-19H2,1-4H3. The van der Waals surface area contributed by atoms with Gasteiger partial charge in [0, 0.05) is 6.42 Å². The lowest BCUT2D eigenvalue weighted by molar-refractivity contribution is -0.164. The molecule has 0 saturated heterocycles. The van der Waals surface area contributed by atoms with Gasteiger partial charge in [0.05, 0.1) is 44.2 Å². The smallest absolute Gasteiger partial charge is 0.310 e. The summed E-state index contributed by atoms with van der Waals surface area (Å²) in [6, 6.07) is 0. The first-order valence-corrected chi connectivity index (χ1v) is 12.5. The van der Waals surface area contributed by atoms with Crippen LogP contribution in [-0.4, -0.2) is 48.9 Å². The van der Waals surface area contributed by atoms with E-state index < -0.39 is 35.8 Å². The maximum atomic E-state index is 12.7. The summed E-state index contributed by atoms with van der Waals surface area (Å²) < 4.78 is 15.8. The third-order valence-corrected chi connectivity index (χ3v) is 5.45. The minimum atomic E-state index is -0.947. The molecule has 0 aromatic rings. The van der Waals surface area contributed by atoms with E-state index in [2.05, 4.69) is 13.8 Å². The van der Waals surface area contributed by atoms with Crippen molar-refractivity contribution >= 4 is 17.9 Å². The van der Waals surface area contributed by atoms with Crippen molar-refractivity contribution in [3.63, 3.8) is 0 Å². The summed E-state index contributed by atoms with van der Waals surface area (Å²) in [7, 11) is 0. The zero-order valence-electron chi connectivity index (χ0n) is 20.7. The SMILES string of the molecule is CCCCCCCOC(=O)CC(C(=O)OCCCCCCC)C(C)C(=O)OCCC(C)O. The molecule has 0 heterocycles. The second-order valence-electron chi connectivity index (χ2n) is 8.62. The highest BCUT2D eigenvalue weighted by molar-refractivity contribution is 5.85. The Morgan fingerprint density at radius 1 is 0.688 bits per heavy atom. The molecule has 1 N–H and O–H groups in total. The van der Waals surface area contributed by atoms with Crippen LogP contribution in [0.2, 0.25) is 0 Å². The summed E-state index contributed by atoms with van der Waals surface area (Å²) in [5.41, 5.74) is 0. The quantitative estimate of drug-likeness (QED) is 0.156. The van der Waals surface area contributed by atoms with Gasteiger partial charge in [-0.15, -0.1) is 0 Å². The maximum absolute atomic E-state index is 12.7. The van der Waals surface area contributed by atoms with Crippen LogP contribution < -0.4 is 0 Å². The topological polar surface area (TPSA) is 99.1 Å². The Morgan fingerprint density at radius 3 is 1.72 bits per heavy atom. The molecule has 188 valence electrons. The van der Waals surface area contributed by atoms with Gasteiger partial charge in [-0.1, -0.05) is 72.1 Å². The predicted molar refractivity (Wildman–Crippen MR) is 124 cm³/mol. The Balaban J connectivity index is 4.70. The molecular weight excluding hydrogens is 412 g/mol. The van der Waals surface area contributed by atoms with Crippen LogP contribution in [0.3, 0.4) is 0 Å². The van der Waals surface area contributed by atoms with Gasteiger partial charge >= 0.3 is 17.9 Å². The summed E-state index contributed by atoms with van der Waals surface area (Å²) in [5.74, 6) is -3.44. The highest BCUT2D eigenvalue weighted by atomic mass is 16.5. The summed E-state index contributed by atoms with van der Waals surface area (Å²) in [6.45, 7) is 8.09. The maximum Gasteiger partial charge on any atom is 0.310 e. The van der Waals surface area contributed by atoms with Crippen LogP contribution in [0.5, 0.6) is 0 Å². The van der Waals surface area contributed by atoms with Gasteiger partial charge in [0.25, 0.3) is 0 Å². The van der Waals surface area contributed by atoms with Crippen LogP contribution in [0.1, 0.15) is 105 Å². The van der Waals surface area contributed by atoms with Crippen molar-refractivity contribution < 1.29 is 33.7 Å². The average Bonchev–Trinajstić information content (AvgIpc) is 2.75. The zero-order chi connectivity index (χ0) is 24.2. The number of rotatable bonds is 20. The van der Waals surface area contributed by atoms with Crippen molar-refractivity contribution in [2.45, 2.75) is 111 Å². The molecule has 32 heavy (non-hydrogen) atoms. The van der Waals surface area contributed by atoms with E-state index in [1.54, 1.807) is 13.8 Å². The number of hydrogen-bond donors (Lipinski definition) is 1. The Labute approximate surface area is 194 Å². The molecule has 7 nitrogen and oxygen atoms in total. The molecule has 0 bridgehead atoms. The molecule has 0 amide bonds. The molecule has 0 radical (unpaired) electrons. The minimum Gasteiger partial charge on any atom is -0.466 e. The second-order valence-corrected chi connectivity index (χ2v) is 8.62. The number of unbranched alkanes of at least 4 members (excludes halogenated alkanes) is 8. The van der Waals surface area contributed by atoms with E-state index in [0.717, 1.165) is 64.2 Å². The van der Waals surface area contributed by atoms with Gasteiger partial charge in [-0.25, -0.2) is 0 Å². The Bertz CT molecular complexity index is 505. The number of carbonyl (C=O) groups excluding carboxylic acids is 3. The molecule has 0 aromatic carbocycles. The van der Waals surface area contributed by atoms with Crippen LogP contribution in [0.4, 0.5) is 0 Å². The van der Waals surface area contributed by atoms with Crippen molar-refractivity contribution in [3.05, 3.63) is 0 Å². The van der Waals surface area contributed by atoms with Crippen LogP contribution >= 0.6 is 0 Å². The molecule has 0 rings (SSSR count). The summed E-state index contributed by atoms with van der Waals surface area (Å²) in [5, 5.41) is 9.32. The second kappa shape index (κ2) is 20.0. The Hall–Kier alpha value is -1.63. The van der Waals surface area contributed by atoms with Crippen molar-refractivity contribution in [2.75, 3.05) is 19.8 Å². The molecule has 3 atom stereocenters. The first-order valence-electron chi connectivity index (χ1n) is 12.5. The fraction of sp³-hybridized carbons (Fsp3) is 0.880. The van der Waals surface area contributed by atoms with Crippen LogP contribution in [0, 0.1) is 11.8 Å². The summed E-state index contributed by atoms with van der Waals surface area (Å²) in [4.78, 5) is 37.4. The van der Waals surface area contributed by atoms with Gasteiger partial charge in [0.15, 0.2) is 0 Å². The molecule has 7 heteroatoms. The normalized spacial score (nSPS) is 13.8. The van der Waals surface area contributed by atoms with Gasteiger partial charge in [-0.2, -0.15) is 0 Å². The van der Waals surface area contributed by atoms with E-state index in [1.165, 1.54) is 0 Å². The van der Waals surface area contributed by atoms with Crippen molar-refractivity contribution in [1.29, 1.82) is 0 Å². The molecule has 0 spiro atoms. The van der Waals surface area contributed by atoms with E-state index in [4.69, 9.17) is 14.2 Å². The molecule has 0 aliphatic carbocycles. The van der Waals surface area contributed by atoms with Crippen LogP contribution in [0.25, 0.3) is 0 Å². The van der Waals surface area contributed by atoms with Gasteiger partial charge in [-0.05, 0) is 19.8 Å². The van der Waals surface area contributed by atoms with Gasteiger partial charge in [0.1, 0.15) is 0 Å². The molecule has 3 unspecified atom stereocenters. The Kier molecular flexibility index (Phi) is 19.0. The minimum absolute atomic E-state index is 0.0578. The number of aliphatic hydroxyl groups is 1. The molecule has 0 fully saturated rings. The lowest BCUT2D eigenvalue weighted by Crippen LogP contribution is -2.33. The van der Waals surface area contributed by atoms with Gasteiger partial charge in [0.2, 0.25) is 0 Å². The molecule has 0 aromatic heterocycles. The Morgan fingerprint density at radius 2 is 1.19 bits per heavy atom. The molecule has 0 aliphatic heterocycles. The predicted octanol–water partition coefficient (Wildman–Crippen LogP) is 4.97. The van der Waals surface area contributed by atoms with E-state index in [-0.39, 0.29) is 19.6 Å². The first kappa shape index (κ1) is 30.4. The van der Waals surface area contributed by atoms with E-state index in [9.17, 15) is 19.5 Å². The highest BCUT2D eigenvalue weighted by Gasteiger charge is 2.35.